The van der Waals surface area contributed by atoms with Crippen molar-refractivity contribution in [2.24, 2.45) is 5.92 Å². The smallest absolute Gasteiger partial charge is 0.323 e. The van der Waals surface area contributed by atoms with E-state index in [9.17, 15) is 14.2 Å². The summed E-state index contributed by atoms with van der Waals surface area (Å²) in [5.74, 6) is -1.22. The van der Waals surface area contributed by atoms with Crippen molar-refractivity contribution in [3.63, 3.8) is 0 Å². The number of nitrogens with one attached hydrogen (secondary N) is 2. The standard InChI is InChI=1S/C23H40N7O6P/c1-7-8-9-34-23(32)18(6)29-37(33,28-10-16(4)22(31)36-15(2)3)14-35-17(5)11-30-13-27-19-20(24)25-12-26-21(19)30/h12-13,15-18H,7-11,14H2,1-6H3,(H2,24,25,26)(H2,28,29,33)/t16-,17+,18-,37-/m0/s1. The topological polar surface area (TPSA) is 173 Å². The number of rotatable bonds is 16. The molecule has 2 aromatic heterocycles. The number of carbonyl (C=O) groups excluding carboxylic acids is 2. The van der Waals surface area contributed by atoms with Gasteiger partial charge in [-0.3, -0.25) is 19.2 Å². The monoisotopic (exact) mass is 541 g/mol. The molecule has 13 nitrogen and oxygen atoms in total. The molecule has 14 heteroatoms. The summed E-state index contributed by atoms with van der Waals surface area (Å²) in [6.45, 7) is 11.3. The second kappa shape index (κ2) is 14.4. The fourth-order valence-electron chi connectivity index (χ4n) is 3.25. The Morgan fingerprint density at radius 1 is 1.14 bits per heavy atom. The highest BCUT2D eigenvalue weighted by molar-refractivity contribution is 7.59. The quantitative estimate of drug-likeness (QED) is 0.161. The summed E-state index contributed by atoms with van der Waals surface area (Å²) in [5, 5.41) is 5.75. The van der Waals surface area contributed by atoms with Gasteiger partial charge in [-0.15, -0.1) is 0 Å². The van der Waals surface area contributed by atoms with E-state index in [1.165, 1.54) is 6.33 Å². The summed E-state index contributed by atoms with van der Waals surface area (Å²) in [6, 6.07) is -0.857. The van der Waals surface area contributed by atoms with Crippen LogP contribution in [0.15, 0.2) is 12.7 Å². The fourth-order valence-corrected chi connectivity index (χ4v) is 5.27. The molecular weight excluding hydrogens is 501 g/mol. The van der Waals surface area contributed by atoms with Gasteiger partial charge in [0.1, 0.15) is 24.2 Å². The lowest BCUT2D eigenvalue weighted by molar-refractivity contribution is -0.151. The Morgan fingerprint density at radius 2 is 1.86 bits per heavy atom. The van der Waals surface area contributed by atoms with Gasteiger partial charge in [0.05, 0.1) is 37.6 Å². The van der Waals surface area contributed by atoms with E-state index in [-0.39, 0.29) is 31.4 Å². The second-order valence-corrected chi connectivity index (χ2v) is 11.6. The Kier molecular flexibility index (Phi) is 11.9. The first-order valence-electron chi connectivity index (χ1n) is 12.5. The van der Waals surface area contributed by atoms with Crippen molar-refractivity contribution in [2.75, 3.05) is 25.2 Å². The molecule has 0 aromatic carbocycles. The highest BCUT2D eigenvalue weighted by Gasteiger charge is 2.30. The summed E-state index contributed by atoms with van der Waals surface area (Å²) >= 11 is 0. The van der Waals surface area contributed by atoms with Gasteiger partial charge in [0, 0.05) is 6.54 Å². The van der Waals surface area contributed by atoms with Crippen LogP contribution in [-0.2, 0) is 34.9 Å². The van der Waals surface area contributed by atoms with Gasteiger partial charge in [-0.1, -0.05) is 20.3 Å². The minimum atomic E-state index is -3.50. The number of esters is 2. The number of carbonyl (C=O) groups is 2. The van der Waals surface area contributed by atoms with Crippen molar-refractivity contribution >= 4 is 36.4 Å². The number of anilines is 1. The van der Waals surface area contributed by atoms with Crippen LogP contribution < -0.4 is 15.9 Å². The van der Waals surface area contributed by atoms with E-state index in [0.29, 0.717) is 17.7 Å². The van der Waals surface area contributed by atoms with Crippen molar-refractivity contribution in [3.8, 4) is 0 Å². The third kappa shape index (κ3) is 9.66. The number of imidazole rings is 1. The van der Waals surface area contributed by atoms with Crippen LogP contribution in [0.2, 0.25) is 0 Å². The van der Waals surface area contributed by atoms with Gasteiger partial charge in [0.25, 0.3) is 0 Å². The molecule has 0 saturated carbocycles. The number of unbranched alkanes of at least 4 members (excludes halogenated alkanes) is 1. The third-order valence-corrected chi connectivity index (χ3v) is 7.34. The molecule has 0 aliphatic rings. The number of hydrogen-bond acceptors (Lipinski definition) is 10. The number of nitrogen functional groups attached to an aromatic ring is 1. The van der Waals surface area contributed by atoms with Crippen molar-refractivity contribution in [3.05, 3.63) is 12.7 Å². The number of nitrogens with zero attached hydrogens (tertiary/aromatic N) is 4. The second-order valence-electron chi connectivity index (χ2n) is 9.29. The Balaban J connectivity index is 2.06. The average Bonchev–Trinajstić information content (AvgIpc) is 3.25. The largest absolute Gasteiger partial charge is 0.465 e. The Hall–Kier alpha value is -2.60. The maximum absolute atomic E-state index is 13.8. The molecule has 0 fully saturated rings. The van der Waals surface area contributed by atoms with E-state index in [2.05, 4.69) is 25.1 Å². The molecular formula is C23H40N7O6P. The molecule has 0 amide bonds. The van der Waals surface area contributed by atoms with E-state index < -0.39 is 37.4 Å². The predicted molar refractivity (Wildman–Crippen MR) is 140 cm³/mol. The van der Waals surface area contributed by atoms with Crippen molar-refractivity contribution in [1.29, 1.82) is 0 Å². The SMILES string of the molecule is CCCCOC(=O)[C@H](C)N[P@](=O)(CO[C@H](C)Cn1cnc2c(N)ncnc21)NC[C@H](C)C(=O)OC(C)C. The minimum Gasteiger partial charge on any atom is -0.465 e. The van der Waals surface area contributed by atoms with E-state index >= 15 is 0 Å². The first-order valence-corrected chi connectivity index (χ1v) is 14.4. The highest BCUT2D eigenvalue weighted by atomic mass is 31.2. The summed E-state index contributed by atoms with van der Waals surface area (Å²) in [6.07, 6.45) is 3.66. The van der Waals surface area contributed by atoms with Gasteiger partial charge in [-0.25, -0.2) is 20.0 Å². The Morgan fingerprint density at radius 3 is 2.54 bits per heavy atom. The molecule has 2 rings (SSSR count). The van der Waals surface area contributed by atoms with Crippen molar-refractivity contribution in [2.45, 2.75) is 79.2 Å². The maximum Gasteiger partial charge on any atom is 0.323 e. The van der Waals surface area contributed by atoms with Crippen LogP contribution in [0.1, 0.15) is 54.4 Å². The first-order chi connectivity index (χ1) is 17.5. The van der Waals surface area contributed by atoms with Crippen molar-refractivity contribution in [1.82, 2.24) is 29.7 Å². The molecule has 0 aliphatic carbocycles. The van der Waals surface area contributed by atoms with E-state index in [4.69, 9.17) is 19.9 Å². The van der Waals surface area contributed by atoms with Crippen LogP contribution in [0.25, 0.3) is 11.2 Å². The van der Waals surface area contributed by atoms with Crippen molar-refractivity contribution < 1.29 is 28.4 Å². The predicted octanol–water partition coefficient (Wildman–Crippen LogP) is 2.46. The molecule has 4 atom stereocenters. The molecule has 208 valence electrons. The summed E-state index contributed by atoms with van der Waals surface area (Å²) in [7, 11) is -3.50. The van der Waals surface area contributed by atoms with Crippen LogP contribution in [0.3, 0.4) is 0 Å². The number of aromatic nitrogens is 4. The zero-order valence-electron chi connectivity index (χ0n) is 22.5. The lowest BCUT2D eigenvalue weighted by Crippen LogP contribution is -2.40. The fraction of sp³-hybridized carbons (Fsp3) is 0.696. The molecule has 2 heterocycles. The number of nitrogens with two attached hydrogens (primary N) is 1. The lowest BCUT2D eigenvalue weighted by Gasteiger charge is -2.26. The number of fused-ring (bicyclic) bond motifs is 1. The maximum atomic E-state index is 13.8. The van der Waals surface area contributed by atoms with Gasteiger partial charge in [0.15, 0.2) is 11.5 Å². The molecule has 0 saturated heterocycles. The molecule has 37 heavy (non-hydrogen) atoms. The molecule has 0 radical (unpaired) electrons. The normalized spacial score (nSPS) is 15.8. The molecule has 0 bridgehead atoms. The summed E-state index contributed by atoms with van der Waals surface area (Å²) < 4.78 is 32.0. The molecule has 4 N–H and O–H groups in total. The van der Waals surface area contributed by atoms with E-state index in [1.54, 1.807) is 38.6 Å². The van der Waals surface area contributed by atoms with Gasteiger partial charge in [0.2, 0.25) is 7.44 Å². The minimum absolute atomic E-state index is 0.0630. The molecule has 0 aliphatic heterocycles. The van der Waals surface area contributed by atoms with Gasteiger partial charge < -0.3 is 24.5 Å². The third-order valence-electron chi connectivity index (χ3n) is 5.33. The van der Waals surface area contributed by atoms with E-state index in [1.807, 2.05) is 13.8 Å². The zero-order valence-corrected chi connectivity index (χ0v) is 23.4. The van der Waals surface area contributed by atoms with Crippen LogP contribution in [-0.4, -0.2) is 69.2 Å². The average molecular weight is 542 g/mol. The van der Waals surface area contributed by atoms with Crippen LogP contribution >= 0.6 is 7.44 Å². The lowest BCUT2D eigenvalue weighted by atomic mass is 10.2. The van der Waals surface area contributed by atoms with E-state index in [0.717, 1.165) is 12.8 Å². The molecule has 0 unspecified atom stereocenters. The van der Waals surface area contributed by atoms with Gasteiger partial charge >= 0.3 is 11.9 Å². The Labute approximate surface area is 217 Å². The Bertz CT molecular complexity index is 1080. The van der Waals surface area contributed by atoms with Crippen LogP contribution in [0.4, 0.5) is 5.82 Å². The van der Waals surface area contributed by atoms with Gasteiger partial charge in [-0.2, -0.15) is 0 Å². The zero-order chi connectivity index (χ0) is 27.6. The number of ether oxygens (including phenoxy) is 3. The van der Waals surface area contributed by atoms with Crippen LogP contribution in [0.5, 0.6) is 0 Å². The first kappa shape index (κ1) is 30.6. The highest BCUT2D eigenvalue weighted by Crippen LogP contribution is 2.37. The number of hydrogen-bond donors (Lipinski definition) is 3. The summed E-state index contributed by atoms with van der Waals surface area (Å²) in [5.41, 5.74) is 6.89. The summed E-state index contributed by atoms with van der Waals surface area (Å²) in [4.78, 5) is 37.0. The van der Waals surface area contributed by atoms with Crippen LogP contribution in [0, 0.1) is 5.92 Å². The molecule has 0 spiro atoms. The van der Waals surface area contributed by atoms with Gasteiger partial charge in [-0.05, 0) is 34.1 Å². The molecule has 2 aromatic rings.